The third kappa shape index (κ3) is 5.56. The molecule has 2 aromatic carbocycles. The van der Waals surface area contributed by atoms with E-state index in [1.54, 1.807) is 6.07 Å². The molecule has 39 heavy (non-hydrogen) atoms. The number of carbonyl (C=O) groups excluding carboxylic acids is 1. The minimum Gasteiger partial charge on any atom is -0.486 e. The summed E-state index contributed by atoms with van der Waals surface area (Å²) in [4.78, 5) is 19.0. The van der Waals surface area contributed by atoms with Crippen LogP contribution in [0.2, 0.25) is 0 Å². The van der Waals surface area contributed by atoms with Gasteiger partial charge in [0.15, 0.2) is 23.4 Å². The van der Waals surface area contributed by atoms with E-state index in [0.717, 1.165) is 51.4 Å². The van der Waals surface area contributed by atoms with Gasteiger partial charge in [-0.2, -0.15) is 0 Å². The minimum atomic E-state index is -0.489. The van der Waals surface area contributed by atoms with Crippen molar-refractivity contribution in [2.75, 3.05) is 13.2 Å². The van der Waals surface area contributed by atoms with Crippen LogP contribution in [0.25, 0.3) is 11.0 Å². The number of amides is 1. The molecular weight excluding hydrogens is 497 g/mol. The predicted molar refractivity (Wildman–Crippen MR) is 147 cm³/mol. The topological polar surface area (TPSA) is 74.6 Å². The second kappa shape index (κ2) is 11.4. The van der Waals surface area contributed by atoms with Crippen LogP contribution >= 0.6 is 0 Å². The van der Waals surface area contributed by atoms with Gasteiger partial charge in [0.2, 0.25) is 5.91 Å². The van der Waals surface area contributed by atoms with Crippen LogP contribution < -0.4 is 19.5 Å². The molecular formula is C31H38FN3O4. The normalized spacial score (nSPS) is 19.9. The van der Waals surface area contributed by atoms with Crippen LogP contribution in [0.1, 0.15) is 89.1 Å². The van der Waals surface area contributed by atoms with Crippen LogP contribution in [-0.2, 0) is 4.79 Å². The summed E-state index contributed by atoms with van der Waals surface area (Å²) in [6.45, 7) is 2.95. The second-order valence-corrected chi connectivity index (χ2v) is 11.2. The zero-order valence-electron chi connectivity index (χ0n) is 22.7. The van der Waals surface area contributed by atoms with Gasteiger partial charge in [-0.3, -0.25) is 4.79 Å². The lowest BCUT2D eigenvalue weighted by Crippen LogP contribution is -2.44. The zero-order valence-corrected chi connectivity index (χ0v) is 22.7. The van der Waals surface area contributed by atoms with E-state index in [9.17, 15) is 9.18 Å². The number of imidazole rings is 1. The van der Waals surface area contributed by atoms with Gasteiger partial charge in [0.1, 0.15) is 30.8 Å². The lowest BCUT2D eigenvalue weighted by molar-refractivity contribution is -0.127. The smallest absolute Gasteiger partial charge is 0.243 e. The molecule has 2 unspecified atom stereocenters. The molecule has 1 amide bonds. The van der Waals surface area contributed by atoms with Gasteiger partial charge in [-0.15, -0.1) is 0 Å². The fourth-order valence-corrected chi connectivity index (χ4v) is 6.54. The SMILES string of the molecule is CC(Oc1ccc2c(c1)OCCO2)c1nc2ccc(F)cc2n1C(C(=O)NC1CCCCC1)C1CCCCC1. The Labute approximate surface area is 229 Å². The van der Waals surface area contributed by atoms with Gasteiger partial charge in [0.25, 0.3) is 0 Å². The molecule has 2 fully saturated rings. The van der Waals surface area contributed by atoms with Gasteiger partial charge in [-0.1, -0.05) is 38.5 Å². The summed E-state index contributed by atoms with van der Waals surface area (Å²) in [5.74, 6) is 2.42. The van der Waals surface area contributed by atoms with Gasteiger partial charge in [-0.25, -0.2) is 9.37 Å². The molecule has 2 heterocycles. The monoisotopic (exact) mass is 535 g/mol. The van der Waals surface area contributed by atoms with E-state index in [2.05, 4.69) is 5.32 Å². The number of aromatic nitrogens is 2. The highest BCUT2D eigenvalue weighted by atomic mass is 19.1. The lowest BCUT2D eigenvalue weighted by atomic mass is 9.82. The third-order valence-corrected chi connectivity index (χ3v) is 8.46. The van der Waals surface area contributed by atoms with Crippen LogP contribution in [-0.4, -0.2) is 34.7 Å². The number of carbonyl (C=O) groups is 1. The van der Waals surface area contributed by atoms with E-state index in [0.29, 0.717) is 47.3 Å². The van der Waals surface area contributed by atoms with Crippen molar-refractivity contribution in [2.45, 2.75) is 89.3 Å². The Balaban J connectivity index is 1.38. The zero-order chi connectivity index (χ0) is 26.8. The third-order valence-electron chi connectivity index (χ3n) is 8.46. The Bertz CT molecular complexity index is 1310. The van der Waals surface area contributed by atoms with E-state index in [1.807, 2.05) is 29.7 Å². The summed E-state index contributed by atoms with van der Waals surface area (Å²) in [5, 5.41) is 3.38. The Morgan fingerprint density at radius 2 is 1.69 bits per heavy atom. The number of hydrogen-bond donors (Lipinski definition) is 1. The largest absolute Gasteiger partial charge is 0.486 e. The summed E-state index contributed by atoms with van der Waals surface area (Å²) in [5.41, 5.74) is 1.30. The van der Waals surface area contributed by atoms with Crippen molar-refractivity contribution in [3.63, 3.8) is 0 Å². The number of rotatable bonds is 7. The van der Waals surface area contributed by atoms with Gasteiger partial charge < -0.3 is 24.1 Å². The summed E-state index contributed by atoms with van der Waals surface area (Å²) in [7, 11) is 0. The number of nitrogens with one attached hydrogen (secondary N) is 1. The molecule has 3 aliphatic rings. The van der Waals surface area contributed by atoms with Crippen molar-refractivity contribution >= 4 is 16.9 Å². The number of halogens is 1. The number of hydrogen-bond acceptors (Lipinski definition) is 5. The Hall–Kier alpha value is -3.29. The first-order valence-corrected chi connectivity index (χ1v) is 14.6. The first kappa shape index (κ1) is 26.0. The Kier molecular flexibility index (Phi) is 7.62. The molecule has 2 atom stereocenters. The molecule has 0 radical (unpaired) electrons. The van der Waals surface area contributed by atoms with E-state index in [4.69, 9.17) is 19.2 Å². The quantitative estimate of drug-likeness (QED) is 0.366. The van der Waals surface area contributed by atoms with E-state index < -0.39 is 12.1 Å². The van der Waals surface area contributed by atoms with Crippen LogP contribution in [0.15, 0.2) is 36.4 Å². The van der Waals surface area contributed by atoms with Crippen LogP contribution in [0.4, 0.5) is 4.39 Å². The molecule has 0 saturated heterocycles. The first-order chi connectivity index (χ1) is 19.1. The highest BCUT2D eigenvalue weighted by Crippen LogP contribution is 2.39. The average molecular weight is 536 g/mol. The molecule has 0 spiro atoms. The molecule has 208 valence electrons. The number of benzene rings is 2. The fourth-order valence-electron chi connectivity index (χ4n) is 6.54. The van der Waals surface area contributed by atoms with Crippen molar-refractivity contribution in [3.05, 3.63) is 48.0 Å². The molecule has 1 N–H and O–H groups in total. The maximum absolute atomic E-state index is 14.6. The van der Waals surface area contributed by atoms with E-state index in [1.165, 1.54) is 25.0 Å². The summed E-state index contributed by atoms with van der Waals surface area (Å²) < 4.78 is 34.4. The molecule has 7 nitrogen and oxygen atoms in total. The van der Waals surface area contributed by atoms with Gasteiger partial charge >= 0.3 is 0 Å². The Morgan fingerprint density at radius 3 is 2.46 bits per heavy atom. The highest BCUT2D eigenvalue weighted by molar-refractivity contribution is 5.85. The molecule has 6 rings (SSSR count). The van der Waals surface area contributed by atoms with Crippen molar-refractivity contribution in [2.24, 2.45) is 5.92 Å². The number of ether oxygens (including phenoxy) is 3. The van der Waals surface area contributed by atoms with E-state index >= 15 is 0 Å². The molecule has 2 aliphatic carbocycles. The summed E-state index contributed by atoms with van der Waals surface area (Å²) >= 11 is 0. The molecule has 1 aliphatic heterocycles. The van der Waals surface area contributed by atoms with Crippen LogP contribution in [0, 0.1) is 11.7 Å². The van der Waals surface area contributed by atoms with Crippen LogP contribution in [0.5, 0.6) is 17.2 Å². The number of nitrogens with zero attached hydrogens (tertiary/aromatic N) is 2. The maximum atomic E-state index is 14.6. The molecule has 2 saturated carbocycles. The molecule has 8 heteroatoms. The van der Waals surface area contributed by atoms with Gasteiger partial charge in [0, 0.05) is 12.1 Å². The van der Waals surface area contributed by atoms with Crippen molar-refractivity contribution < 1.29 is 23.4 Å². The lowest BCUT2D eigenvalue weighted by Gasteiger charge is -2.34. The van der Waals surface area contributed by atoms with Crippen molar-refractivity contribution in [1.82, 2.24) is 14.9 Å². The highest BCUT2D eigenvalue weighted by Gasteiger charge is 2.36. The predicted octanol–water partition coefficient (Wildman–Crippen LogP) is 6.66. The van der Waals surface area contributed by atoms with E-state index in [-0.39, 0.29) is 23.7 Å². The van der Waals surface area contributed by atoms with Crippen LogP contribution in [0.3, 0.4) is 0 Å². The van der Waals surface area contributed by atoms with Crippen molar-refractivity contribution in [1.29, 1.82) is 0 Å². The van der Waals surface area contributed by atoms with Gasteiger partial charge in [-0.05, 0) is 68.9 Å². The molecule has 3 aromatic rings. The molecule has 1 aromatic heterocycles. The van der Waals surface area contributed by atoms with Crippen molar-refractivity contribution in [3.8, 4) is 17.2 Å². The minimum absolute atomic E-state index is 0.0186. The average Bonchev–Trinajstić information content (AvgIpc) is 3.32. The maximum Gasteiger partial charge on any atom is 0.243 e. The summed E-state index contributed by atoms with van der Waals surface area (Å²) in [6.07, 6.45) is 10.4. The molecule has 0 bridgehead atoms. The fraction of sp³-hybridized carbons (Fsp3) is 0.548. The standard InChI is InChI=1S/C31H38FN3O4/c1-20(39-24-13-15-27-28(19-24)38-17-16-37-27)30-34-25-14-12-22(32)18-26(25)35(30)29(21-8-4-2-5-9-21)31(36)33-23-10-6-3-7-11-23/h12-15,18-21,23,29H,2-11,16-17H2,1H3,(H,33,36). The Morgan fingerprint density at radius 1 is 0.974 bits per heavy atom. The number of fused-ring (bicyclic) bond motifs is 2. The summed E-state index contributed by atoms with van der Waals surface area (Å²) in [6, 6.07) is 9.87. The van der Waals surface area contributed by atoms with Gasteiger partial charge in [0.05, 0.1) is 11.0 Å². The first-order valence-electron chi connectivity index (χ1n) is 14.6. The second-order valence-electron chi connectivity index (χ2n) is 11.2.